The third kappa shape index (κ3) is 3.01. The molecule has 0 bridgehead atoms. The Kier molecular flexibility index (Phi) is 4.63. The molecular formula is C20H22N2O3S. The van der Waals surface area contributed by atoms with Crippen LogP contribution in [0.3, 0.4) is 0 Å². The van der Waals surface area contributed by atoms with Crippen molar-refractivity contribution in [1.29, 1.82) is 0 Å². The van der Waals surface area contributed by atoms with Gasteiger partial charge in [0, 0.05) is 6.54 Å². The van der Waals surface area contributed by atoms with Gasteiger partial charge in [0.15, 0.2) is 0 Å². The number of aryl methyl sites for hydroxylation is 2. The molecule has 0 aliphatic carbocycles. The zero-order valence-electron chi connectivity index (χ0n) is 15.4. The maximum Gasteiger partial charge on any atom is 0.343 e. The fourth-order valence-electron chi connectivity index (χ4n) is 2.93. The summed E-state index contributed by atoms with van der Waals surface area (Å²) in [6.07, 6.45) is 1.91. The van der Waals surface area contributed by atoms with Gasteiger partial charge in [0.1, 0.15) is 4.90 Å². The van der Waals surface area contributed by atoms with Gasteiger partial charge in [-0.05, 0) is 57.0 Å². The summed E-state index contributed by atoms with van der Waals surface area (Å²) in [6, 6.07) is 11.5. The smallest absolute Gasteiger partial charge is 0.288 e. The minimum absolute atomic E-state index is 0.141. The molecule has 0 fully saturated rings. The van der Waals surface area contributed by atoms with Crippen LogP contribution in [0.4, 0.5) is 16.2 Å². The zero-order valence-corrected chi connectivity index (χ0v) is 16.2. The number of fused-ring (bicyclic) bond motifs is 1. The monoisotopic (exact) mass is 370 g/mol. The van der Waals surface area contributed by atoms with Crippen molar-refractivity contribution in [3.8, 4) is 0 Å². The second-order valence-electron chi connectivity index (χ2n) is 6.70. The van der Waals surface area contributed by atoms with Crippen LogP contribution in [0.15, 0.2) is 59.0 Å². The summed E-state index contributed by atoms with van der Waals surface area (Å²) in [5.41, 5.74) is 3.49. The average molecular weight is 370 g/mol. The van der Waals surface area contributed by atoms with Crippen molar-refractivity contribution < 1.29 is 13.2 Å². The van der Waals surface area contributed by atoms with E-state index < -0.39 is 16.1 Å². The predicted molar refractivity (Wildman–Crippen MR) is 104 cm³/mol. The SMILES string of the molecule is CC(C)=CCN1C(=O)N(c2cc(C)ccc2C)S(=O)(=O)c2ccccc21. The highest BCUT2D eigenvalue weighted by atomic mass is 32.2. The summed E-state index contributed by atoms with van der Waals surface area (Å²) >= 11 is 0. The Bertz CT molecular complexity index is 1010. The van der Waals surface area contributed by atoms with E-state index in [1.807, 2.05) is 39.0 Å². The van der Waals surface area contributed by atoms with Crippen molar-refractivity contribution in [3.63, 3.8) is 0 Å². The Balaban J connectivity index is 2.25. The number of carbonyl (C=O) groups is 1. The molecule has 0 unspecified atom stereocenters. The van der Waals surface area contributed by atoms with Crippen molar-refractivity contribution in [1.82, 2.24) is 0 Å². The lowest BCUT2D eigenvalue weighted by molar-refractivity contribution is 0.254. The predicted octanol–water partition coefficient (Wildman–Crippen LogP) is 4.40. The quantitative estimate of drug-likeness (QED) is 0.752. The van der Waals surface area contributed by atoms with E-state index in [1.165, 1.54) is 4.90 Å². The minimum atomic E-state index is -3.97. The van der Waals surface area contributed by atoms with E-state index in [1.54, 1.807) is 37.3 Å². The van der Waals surface area contributed by atoms with E-state index in [0.29, 0.717) is 17.9 Å². The van der Waals surface area contributed by atoms with Gasteiger partial charge in [-0.15, -0.1) is 0 Å². The number of allylic oxidation sites excluding steroid dienone is 1. The average Bonchev–Trinajstić information content (AvgIpc) is 2.57. The highest BCUT2D eigenvalue weighted by molar-refractivity contribution is 7.94. The Labute approximate surface area is 154 Å². The van der Waals surface area contributed by atoms with Crippen molar-refractivity contribution in [3.05, 3.63) is 65.2 Å². The van der Waals surface area contributed by atoms with E-state index in [4.69, 9.17) is 0 Å². The molecule has 0 saturated heterocycles. The molecule has 1 aliphatic rings. The molecule has 1 heterocycles. The van der Waals surface area contributed by atoms with Gasteiger partial charge in [-0.3, -0.25) is 4.90 Å². The Morgan fingerprint density at radius 2 is 1.73 bits per heavy atom. The highest BCUT2D eigenvalue weighted by Crippen LogP contribution is 2.38. The molecule has 0 atom stereocenters. The van der Waals surface area contributed by atoms with Crippen LogP contribution in [0.2, 0.25) is 0 Å². The third-order valence-electron chi connectivity index (χ3n) is 4.34. The van der Waals surface area contributed by atoms with E-state index in [-0.39, 0.29) is 4.90 Å². The first-order chi connectivity index (χ1) is 12.2. The second-order valence-corrected chi connectivity index (χ2v) is 8.46. The number of urea groups is 1. The van der Waals surface area contributed by atoms with Crippen molar-refractivity contribution >= 4 is 27.4 Å². The summed E-state index contributed by atoms with van der Waals surface area (Å²) < 4.78 is 27.4. The molecule has 0 spiro atoms. The van der Waals surface area contributed by atoms with Crippen LogP contribution in [-0.2, 0) is 10.0 Å². The number of para-hydroxylation sites is 1. The topological polar surface area (TPSA) is 57.7 Å². The number of nitrogens with zero attached hydrogens (tertiary/aromatic N) is 2. The number of anilines is 2. The molecule has 136 valence electrons. The lowest BCUT2D eigenvalue weighted by atomic mass is 10.1. The number of sulfonamides is 1. The molecule has 0 aromatic heterocycles. The van der Waals surface area contributed by atoms with Gasteiger partial charge < -0.3 is 0 Å². The normalized spacial score (nSPS) is 15.6. The molecule has 0 saturated carbocycles. The summed E-state index contributed by atoms with van der Waals surface area (Å²) in [4.78, 5) is 14.9. The van der Waals surface area contributed by atoms with Gasteiger partial charge >= 0.3 is 6.03 Å². The maximum absolute atomic E-state index is 13.2. The first kappa shape index (κ1) is 18.2. The Hall–Kier alpha value is -2.60. The number of rotatable bonds is 3. The minimum Gasteiger partial charge on any atom is -0.288 e. The Morgan fingerprint density at radius 3 is 2.42 bits per heavy atom. The number of amides is 2. The molecule has 2 aromatic rings. The molecule has 0 N–H and O–H groups in total. The first-order valence-electron chi connectivity index (χ1n) is 8.40. The molecule has 0 radical (unpaired) electrons. The molecular weight excluding hydrogens is 348 g/mol. The van der Waals surface area contributed by atoms with Crippen LogP contribution in [0.25, 0.3) is 0 Å². The van der Waals surface area contributed by atoms with Crippen molar-refractivity contribution in [2.45, 2.75) is 32.6 Å². The molecule has 1 aliphatic heterocycles. The van der Waals surface area contributed by atoms with Crippen LogP contribution in [0, 0.1) is 13.8 Å². The molecule has 3 rings (SSSR count). The van der Waals surface area contributed by atoms with Crippen LogP contribution < -0.4 is 9.21 Å². The standard InChI is InChI=1S/C20H22N2O3S/c1-14(2)11-12-21-17-7-5-6-8-19(17)26(24,25)22(20(21)23)18-13-15(3)9-10-16(18)4/h5-11,13H,12H2,1-4H3. The van der Waals surface area contributed by atoms with E-state index in [9.17, 15) is 13.2 Å². The van der Waals surface area contributed by atoms with Crippen molar-refractivity contribution in [2.24, 2.45) is 0 Å². The van der Waals surface area contributed by atoms with Crippen molar-refractivity contribution in [2.75, 3.05) is 15.7 Å². The van der Waals surface area contributed by atoms with Crippen LogP contribution in [0.5, 0.6) is 0 Å². The number of hydrogen-bond donors (Lipinski definition) is 0. The van der Waals surface area contributed by atoms with Gasteiger partial charge in [-0.25, -0.2) is 13.2 Å². The summed E-state index contributed by atoms with van der Waals surface area (Å²) in [6.45, 7) is 7.88. The van der Waals surface area contributed by atoms with E-state index in [2.05, 4.69) is 0 Å². The molecule has 26 heavy (non-hydrogen) atoms. The fraction of sp³-hybridized carbons (Fsp3) is 0.250. The lowest BCUT2D eigenvalue weighted by Crippen LogP contribution is -2.51. The number of benzene rings is 2. The molecule has 5 nitrogen and oxygen atoms in total. The molecule has 2 aromatic carbocycles. The second kappa shape index (κ2) is 6.61. The number of carbonyl (C=O) groups excluding carboxylic acids is 1. The van der Waals surface area contributed by atoms with E-state index >= 15 is 0 Å². The first-order valence-corrected chi connectivity index (χ1v) is 9.84. The Morgan fingerprint density at radius 1 is 1.04 bits per heavy atom. The maximum atomic E-state index is 13.2. The van der Waals surface area contributed by atoms with Gasteiger partial charge in [0.25, 0.3) is 10.0 Å². The van der Waals surface area contributed by atoms with Gasteiger partial charge in [0.2, 0.25) is 0 Å². The summed E-state index contributed by atoms with van der Waals surface area (Å²) in [5.74, 6) is 0. The van der Waals surface area contributed by atoms with Crippen LogP contribution in [0.1, 0.15) is 25.0 Å². The molecule has 2 amide bonds. The molecule has 6 heteroatoms. The van der Waals surface area contributed by atoms with Crippen LogP contribution in [-0.4, -0.2) is 21.0 Å². The fourth-order valence-corrected chi connectivity index (χ4v) is 4.58. The summed E-state index contributed by atoms with van der Waals surface area (Å²) in [5, 5.41) is 0. The number of hydrogen-bond acceptors (Lipinski definition) is 3. The lowest BCUT2D eigenvalue weighted by Gasteiger charge is -2.36. The van der Waals surface area contributed by atoms with Gasteiger partial charge in [0.05, 0.1) is 11.4 Å². The van der Waals surface area contributed by atoms with Gasteiger partial charge in [-0.1, -0.05) is 35.9 Å². The van der Waals surface area contributed by atoms with Gasteiger partial charge in [-0.2, -0.15) is 4.31 Å². The third-order valence-corrected chi connectivity index (χ3v) is 6.08. The van der Waals surface area contributed by atoms with E-state index in [0.717, 1.165) is 21.0 Å². The summed E-state index contributed by atoms with van der Waals surface area (Å²) in [7, 11) is -3.97. The zero-order chi connectivity index (χ0) is 19.1. The van der Waals surface area contributed by atoms with Crippen LogP contribution >= 0.6 is 0 Å². The highest BCUT2D eigenvalue weighted by Gasteiger charge is 2.42. The largest absolute Gasteiger partial charge is 0.343 e.